The van der Waals surface area contributed by atoms with E-state index in [-0.39, 0.29) is 0 Å². The highest BCUT2D eigenvalue weighted by molar-refractivity contribution is 4.83. The van der Waals surface area contributed by atoms with Crippen LogP contribution in [0.2, 0.25) is 0 Å². The molecular formula is C19H36O. The molecule has 0 spiro atoms. The zero-order valence-corrected chi connectivity index (χ0v) is 13.9. The summed E-state index contributed by atoms with van der Waals surface area (Å²) in [6.45, 7) is 4.67. The Balaban J connectivity index is 1.79. The van der Waals surface area contributed by atoms with Gasteiger partial charge in [-0.1, -0.05) is 65.2 Å². The highest BCUT2D eigenvalue weighted by Gasteiger charge is 2.33. The Morgan fingerprint density at radius 1 is 0.850 bits per heavy atom. The second-order valence-corrected chi connectivity index (χ2v) is 7.67. The van der Waals surface area contributed by atoms with E-state index in [2.05, 4.69) is 13.8 Å². The highest BCUT2D eigenvalue weighted by Crippen LogP contribution is 2.36. The zero-order valence-electron chi connectivity index (χ0n) is 13.9. The first kappa shape index (κ1) is 16.3. The maximum absolute atomic E-state index is 6.42. The molecule has 2 fully saturated rings. The Bertz CT molecular complexity index is 228. The molecule has 3 unspecified atom stereocenters. The van der Waals surface area contributed by atoms with E-state index in [1.807, 2.05) is 0 Å². The first-order valence-electron chi connectivity index (χ1n) is 9.41. The van der Waals surface area contributed by atoms with E-state index in [0.717, 1.165) is 11.8 Å². The van der Waals surface area contributed by atoms with Gasteiger partial charge in [0.05, 0.1) is 12.2 Å². The summed E-state index contributed by atoms with van der Waals surface area (Å²) in [6, 6.07) is 0. The third kappa shape index (κ3) is 5.76. The first-order chi connectivity index (χ1) is 9.75. The van der Waals surface area contributed by atoms with Crippen LogP contribution >= 0.6 is 0 Å². The fraction of sp³-hybridized carbons (Fsp3) is 1.00. The van der Waals surface area contributed by atoms with Crippen LogP contribution < -0.4 is 0 Å². The quantitative estimate of drug-likeness (QED) is 0.606. The SMILES string of the molecule is CC(C)CCC1CC2CCCCCCCCCCC2O1. The van der Waals surface area contributed by atoms with Crippen LogP contribution in [0.3, 0.4) is 0 Å². The Hall–Kier alpha value is -0.0400. The summed E-state index contributed by atoms with van der Waals surface area (Å²) in [6.07, 6.45) is 19.5. The lowest BCUT2D eigenvalue weighted by Crippen LogP contribution is -2.16. The van der Waals surface area contributed by atoms with Crippen molar-refractivity contribution in [2.24, 2.45) is 11.8 Å². The van der Waals surface area contributed by atoms with Gasteiger partial charge in [-0.2, -0.15) is 0 Å². The van der Waals surface area contributed by atoms with Gasteiger partial charge < -0.3 is 4.74 Å². The van der Waals surface area contributed by atoms with E-state index in [1.165, 1.54) is 83.5 Å². The molecule has 0 bridgehead atoms. The van der Waals surface area contributed by atoms with Crippen molar-refractivity contribution in [2.75, 3.05) is 0 Å². The average molecular weight is 280 g/mol. The summed E-state index contributed by atoms with van der Waals surface area (Å²) in [5.74, 6) is 1.71. The van der Waals surface area contributed by atoms with Gasteiger partial charge in [0, 0.05) is 0 Å². The number of ether oxygens (including phenoxy) is 1. The molecule has 1 nitrogen and oxygen atoms in total. The monoisotopic (exact) mass is 280 g/mol. The minimum Gasteiger partial charge on any atom is -0.375 e. The zero-order chi connectivity index (χ0) is 14.2. The van der Waals surface area contributed by atoms with Crippen LogP contribution in [0.15, 0.2) is 0 Å². The Morgan fingerprint density at radius 2 is 1.45 bits per heavy atom. The molecule has 0 aromatic rings. The number of rotatable bonds is 3. The lowest BCUT2D eigenvalue weighted by Gasteiger charge is -2.19. The second-order valence-electron chi connectivity index (χ2n) is 7.67. The van der Waals surface area contributed by atoms with Gasteiger partial charge >= 0.3 is 0 Å². The summed E-state index contributed by atoms with van der Waals surface area (Å²) in [4.78, 5) is 0. The van der Waals surface area contributed by atoms with Crippen LogP contribution in [0.4, 0.5) is 0 Å². The molecular weight excluding hydrogens is 244 g/mol. The fourth-order valence-corrected chi connectivity index (χ4v) is 4.03. The molecule has 0 aromatic carbocycles. The molecule has 0 radical (unpaired) electrons. The van der Waals surface area contributed by atoms with Crippen molar-refractivity contribution < 1.29 is 4.74 Å². The molecule has 1 aliphatic heterocycles. The molecule has 20 heavy (non-hydrogen) atoms. The molecule has 0 aromatic heterocycles. The third-order valence-corrected chi connectivity index (χ3v) is 5.34. The van der Waals surface area contributed by atoms with Crippen molar-refractivity contribution in [3.63, 3.8) is 0 Å². The summed E-state index contributed by atoms with van der Waals surface area (Å²) in [5, 5.41) is 0. The molecule has 2 rings (SSSR count). The molecule has 1 saturated carbocycles. The van der Waals surface area contributed by atoms with Crippen molar-refractivity contribution >= 4 is 0 Å². The van der Waals surface area contributed by atoms with E-state index in [1.54, 1.807) is 0 Å². The van der Waals surface area contributed by atoms with Crippen molar-refractivity contribution in [2.45, 2.75) is 110 Å². The van der Waals surface area contributed by atoms with Crippen LogP contribution in [0.5, 0.6) is 0 Å². The van der Waals surface area contributed by atoms with Gasteiger partial charge in [0.15, 0.2) is 0 Å². The lowest BCUT2D eigenvalue weighted by atomic mass is 9.88. The van der Waals surface area contributed by atoms with Gasteiger partial charge in [0.2, 0.25) is 0 Å². The van der Waals surface area contributed by atoms with Crippen LogP contribution in [-0.4, -0.2) is 12.2 Å². The Kier molecular flexibility index (Phi) is 7.41. The van der Waals surface area contributed by atoms with Gasteiger partial charge in [0.25, 0.3) is 0 Å². The minimum atomic E-state index is 0.581. The molecule has 3 atom stereocenters. The van der Waals surface area contributed by atoms with Crippen LogP contribution in [-0.2, 0) is 4.74 Å². The minimum absolute atomic E-state index is 0.581. The van der Waals surface area contributed by atoms with Crippen molar-refractivity contribution in [3.05, 3.63) is 0 Å². The largest absolute Gasteiger partial charge is 0.375 e. The normalized spacial score (nSPS) is 33.5. The Labute approximate surface area is 126 Å². The third-order valence-electron chi connectivity index (χ3n) is 5.34. The van der Waals surface area contributed by atoms with E-state index in [4.69, 9.17) is 4.74 Å². The first-order valence-corrected chi connectivity index (χ1v) is 9.41. The predicted octanol–water partition coefficient (Wildman–Crippen LogP) is 6.11. The Morgan fingerprint density at radius 3 is 2.10 bits per heavy atom. The summed E-state index contributed by atoms with van der Waals surface area (Å²) in [5.41, 5.74) is 0. The van der Waals surface area contributed by atoms with Gasteiger partial charge in [-0.15, -0.1) is 0 Å². The fourth-order valence-electron chi connectivity index (χ4n) is 4.03. The summed E-state index contributed by atoms with van der Waals surface area (Å²) < 4.78 is 6.42. The van der Waals surface area contributed by atoms with Crippen LogP contribution in [0.1, 0.15) is 97.3 Å². The maximum Gasteiger partial charge on any atom is 0.0608 e. The number of fused-ring (bicyclic) bond motifs is 1. The smallest absolute Gasteiger partial charge is 0.0608 e. The highest BCUT2D eigenvalue weighted by atomic mass is 16.5. The molecule has 1 aliphatic carbocycles. The van der Waals surface area contributed by atoms with Gasteiger partial charge in [-0.3, -0.25) is 0 Å². The van der Waals surface area contributed by atoms with E-state index in [0.29, 0.717) is 12.2 Å². The van der Waals surface area contributed by atoms with Gasteiger partial charge in [-0.25, -0.2) is 0 Å². The van der Waals surface area contributed by atoms with Crippen molar-refractivity contribution in [1.82, 2.24) is 0 Å². The van der Waals surface area contributed by atoms with Crippen LogP contribution in [0.25, 0.3) is 0 Å². The molecule has 1 heteroatoms. The molecule has 118 valence electrons. The molecule has 0 N–H and O–H groups in total. The van der Waals surface area contributed by atoms with E-state index >= 15 is 0 Å². The van der Waals surface area contributed by atoms with Crippen molar-refractivity contribution in [1.29, 1.82) is 0 Å². The standard InChI is InChI=1S/C19H36O/c1-16(2)13-14-18-15-17-11-9-7-5-3-4-6-8-10-12-19(17)20-18/h16-19H,3-15H2,1-2H3. The molecule has 1 heterocycles. The van der Waals surface area contributed by atoms with Gasteiger partial charge in [-0.05, 0) is 43.9 Å². The summed E-state index contributed by atoms with van der Waals surface area (Å²) in [7, 11) is 0. The average Bonchev–Trinajstić information content (AvgIpc) is 2.79. The van der Waals surface area contributed by atoms with Crippen LogP contribution in [0, 0.1) is 11.8 Å². The maximum atomic E-state index is 6.42. The molecule has 0 amide bonds. The van der Waals surface area contributed by atoms with Gasteiger partial charge in [0.1, 0.15) is 0 Å². The van der Waals surface area contributed by atoms with E-state index in [9.17, 15) is 0 Å². The number of hydrogen-bond acceptors (Lipinski definition) is 1. The molecule has 1 saturated heterocycles. The lowest BCUT2D eigenvalue weighted by molar-refractivity contribution is 0.0206. The van der Waals surface area contributed by atoms with E-state index < -0.39 is 0 Å². The summed E-state index contributed by atoms with van der Waals surface area (Å²) >= 11 is 0. The number of hydrogen-bond donors (Lipinski definition) is 0. The topological polar surface area (TPSA) is 9.23 Å². The molecule has 2 aliphatic rings. The predicted molar refractivity (Wildman–Crippen MR) is 87.0 cm³/mol. The second kappa shape index (κ2) is 9.07. The van der Waals surface area contributed by atoms with Crippen molar-refractivity contribution in [3.8, 4) is 0 Å².